The van der Waals surface area contributed by atoms with E-state index in [1.165, 1.54) is 6.42 Å². The van der Waals surface area contributed by atoms with Crippen LogP contribution < -0.4 is 5.32 Å². The maximum Gasteiger partial charge on any atom is 0.309 e. The highest BCUT2D eigenvalue weighted by Gasteiger charge is 2.22. The van der Waals surface area contributed by atoms with Crippen LogP contribution in [0, 0.1) is 9.49 Å². The Kier molecular flexibility index (Phi) is 5.82. The highest BCUT2D eigenvalue weighted by atomic mass is 127. The van der Waals surface area contributed by atoms with Crippen LogP contribution in [0.15, 0.2) is 24.3 Å². The first-order valence-electron chi connectivity index (χ1n) is 6.87. The van der Waals surface area contributed by atoms with Crippen LogP contribution in [0.1, 0.15) is 32.1 Å². The van der Waals surface area contributed by atoms with Gasteiger partial charge < -0.3 is 10.1 Å². The van der Waals surface area contributed by atoms with Gasteiger partial charge in [-0.05, 0) is 59.7 Å². The van der Waals surface area contributed by atoms with Gasteiger partial charge in [0.15, 0.2) is 6.61 Å². The molecule has 0 saturated heterocycles. The molecule has 2 rings (SSSR count). The van der Waals surface area contributed by atoms with E-state index >= 15 is 0 Å². The third-order valence-electron chi connectivity index (χ3n) is 3.41. The number of hydrogen-bond donors (Lipinski definition) is 1. The Labute approximate surface area is 132 Å². The molecule has 1 aliphatic carbocycles. The van der Waals surface area contributed by atoms with Crippen molar-refractivity contribution in [3.8, 4) is 0 Å². The van der Waals surface area contributed by atoms with Gasteiger partial charge in [0.25, 0.3) is 5.91 Å². The van der Waals surface area contributed by atoms with Crippen molar-refractivity contribution in [2.45, 2.75) is 32.1 Å². The van der Waals surface area contributed by atoms with Crippen molar-refractivity contribution < 1.29 is 14.3 Å². The molecule has 0 unspecified atom stereocenters. The molecule has 1 amide bonds. The second-order valence-electron chi connectivity index (χ2n) is 5.00. The summed E-state index contributed by atoms with van der Waals surface area (Å²) in [6.07, 6.45) is 5.12. The van der Waals surface area contributed by atoms with Crippen LogP contribution >= 0.6 is 22.6 Å². The molecular formula is C15H18INO3. The highest BCUT2D eigenvalue weighted by molar-refractivity contribution is 14.1. The van der Waals surface area contributed by atoms with Crippen molar-refractivity contribution in [1.29, 1.82) is 0 Å². The maximum absolute atomic E-state index is 11.8. The summed E-state index contributed by atoms with van der Waals surface area (Å²) in [5, 5.41) is 2.71. The van der Waals surface area contributed by atoms with Crippen molar-refractivity contribution in [1.82, 2.24) is 0 Å². The second-order valence-corrected chi connectivity index (χ2v) is 6.24. The van der Waals surface area contributed by atoms with Crippen molar-refractivity contribution in [3.05, 3.63) is 27.8 Å². The normalized spacial score (nSPS) is 15.7. The molecule has 0 heterocycles. The van der Waals surface area contributed by atoms with Crippen molar-refractivity contribution >= 4 is 40.2 Å². The van der Waals surface area contributed by atoms with E-state index in [4.69, 9.17) is 4.74 Å². The zero-order valence-electron chi connectivity index (χ0n) is 11.2. The summed E-state index contributed by atoms with van der Waals surface area (Å²) in [6, 6.07) is 7.46. The molecule has 1 aromatic rings. The lowest BCUT2D eigenvalue weighted by atomic mass is 9.89. The van der Waals surface area contributed by atoms with E-state index in [9.17, 15) is 9.59 Å². The van der Waals surface area contributed by atoms with Crippen LogP contribution in [-0.4, -0.2) is 18.5 Å². The molecule has 1 aliphatic rings. The zero-order chi connectivity index (χ0) is 14.4. The lowest BCUT2D eigenvalue weighted by Crippen LogP contribution is -2.26. The molecule has 20 heavy (non-hydrogen) atoms. The first-order valence-corrected chi connectivity index (χ1v) is 7.95. The van der Waals surface area contributed by atoms with Gasteiger partial charge in [0.1, 0.15) is 0 Å². The molecule has 1 fully saturated rings. The molecule has 0 atom stereocenters. The number of hydrogen-bond acceptors (Lipinski definition) is 3. The number of carbonyl (C=O) groups is 2. The first kappa shape index (κ1) is 15.3. The van der Waals surface area contributed by atoms with E-state index in [-0.39, 0.29) is 24.4 Å². The topological polar surface area (TPSA) is 55.4 Å². The van der Waals surface area contributed by atoms with Crippen LogP contribution in [0.3, 0.4) is 0 Å². The minimum absolute atomic E-state index is 0.0187. The average molecular weight is 387 g/mol. The monoisotopic (exact) mass is 387 g/mol. The summed E-state index contributed by atoms with van der Waals surface area (Å²) < 4.78 is 6.19. The molecule has 0 spiro atoms. The Balaban J connectivity index is 1.74. The number of benzene rings is 1. The number of nitrogens with one attached hydrogen (secondary N) is 1. The van der Waals surface area contributed by atoms with Crippen molar-refractivity contribution in [2.75, 3.05) is 11.9 Å². The Morgan fingerprint density at radius 3 is 2.45 bits per heavy atom. The van der Waals surface area contributed by atoms with E-state index in [1.807, 2.05) is 24.3 Å². The quantitative estimate of drug-likeness (QED) is 0.637. The van der Waals surface area contributed by atoms with Gasteiger partial charge in [-0.25, -0.2) is 0 Å². The SMILES string of the molecule is O=C(COC(=O)C1CCCCC1)Nc1ccc(I)cc1. The minimum atomic E-state index is -0.296. The van der Waals surface area contributed by atoms with Crippen molar-refractivity contribution in [2.24, 2.45) is 5.92 Å². The highest BCUT2D eigenvalue weighted by Crippen LogP contribution is 2.24. The molecule has 1 aromatic carbocycles. The molecular weight excluding hydrogens is 369 g/mol. The largest absolute Gasteiger partial charge is 0.455 e. The fourth-order valence-corrected chi connectivity index (χ4v) is 2.68. The number of esters is 1. The Bertz CT molecular complexity index is 467. The number of carbonyl (C=O) groups excluding carboxylic acids is 2. The summed E-state index contributed by atoms with van der Waals surface area (Å²) in [5.41, 5.74) is 0.712. The number of amides is 1. The lowest BCUT2D eigenvalue weighted by Gasteiger charge is -2.19. The maximum atomic E-state index is 11.8. The molecule has 1 saturated carbocycles. The van der Waals surface area contributed by atoms with Gasteiger partial charge in [0.2, 0.25) is 0 Å². The summed E-state index contributed by atoms with van der Waals surface area (Å²) in [6.45, 7) is -0.207. The summed E-state index contributed by atoms with van der Waals surface area (Å²) in [4.78, 5) is 23.5. The number of ether oxygens (including phenoxy) is 1. The van der Waals surface area contributed by atoms with E-state index in [1.54, 1.807) is 0 Å². The molecule has 0 aliphatic heterocycles. The van der Waals surface area contributed by atoms with Gasteiger partial charge in [0.05, 0.1) is 5.92 Å². The molecule has 0 aromatic heterocycles. The Morgan fingerprint density at radius 1 is 1.15 bits per heavy atom. The molecule has 108 valence electrons. The lowest BCUT2D eigenvalue weighted by molar-refractivity contribution is -0.152. The minimum Gasteiger partial charge on any atom is -0.455 e. The van der Waals surface area contributed by atoms with Gasteiger partial charge >= 0.3 is 5.97 Å². The molecule has 1 N–H and O–H groups in total. The van der Waals surface area contributed by atoms with Crippen LogP contribution in [-0.2, 0) is 14.3 Å². The van der Waals surface area contributed by atoms with Gasteiger partial charge in [-0.1, -0.05) is 19.3 Å². The Hall–Kier alpha value is -1.11. The van der Waals surface area contributed by atoms with E-state index in [0.717, 1.165) is 29.3 Å². The predicted molar refractivity (Wildman–Crippen MR) is 85.3 cm³/mol. The summed E-state index contributed by atoms with van der Waals surface area (Å²) in [5.74, 6) is -0.548. The van der Waals surface area contributed by atoms with Gasteiger partial charge in [-0.3, -0.25) is 9.59 Å². The van der Waals surface area contributed by atoms with Gasteiger partial charge in [-0.15, -0.1) is 0 Å². The molecule has 4 nitrogen and oxygen atoms in total. The molecule has 0 radical (unpaired) electrons. The number of rotatable bonds is 4. The van der Waals surface area contributed by atoms with Crippen LogP contribution in [0.5, 0.6) is 0 Å². The second kappa shape index (κ2) is 7.61. The standard InChI is InChI=1S/C15H18INO3/c16-12-6-8-13(9-7-12)17-14(18)10-20-15(19)11-4-2-1-3-5-11/h6-9,11H,1-5,10H2,(H,17,18). The molecule has 5 heteroatoms. The third-order valence-corrected chi connectivity index (χ3v) is 4.13. The predicted octanol–water partition coefficient (Wildman–Crippen LogP) is 3.35. The van der Waals surface area contributed by atoms with Crippen LogP contribution in [0.4, 0.5) is 5.69 Å². The molecule has 0 bridgehead atoms. The number of anilines is 1. The smallest absolute Gasteiger partial charge is 0.309 e. The van der Waals surface area contributed by atoms with Gasteiger partial charge in [0, 0.05) is 9.26 Å². The van der Waals surface area contributed by atoms with Gasteiger partial charge in [-0.2, -0.15) is 0 Å². The fraction of sp³-hybridized carbons (Fsp3) is 0.467. The van der Waals surface area contributed by atoms with E-state index < -0.39 is 0 Å². The average Bonchev–Trinajstić information content (AvgIpc) is 2.48. The zero-order valence-corrected chi connectivity index (χ0v) is 13.4. The number of halogens is 1. The van der Waals surface area contributed by atoms with Crippen LogP contribution in [0.25, 0.3) is 0 Å². The fourth-order valence-electron chi connectivity index (χ4n) is 2.32. The van der Waals surface area contributed by atoms with Crippen molar-refractivity contribution in [3.63, 3.8) is 0 Å². The summed E-state index contributed by atoms with van der Waals surface area (Å²) >= 11 is 2.20. The Morgan fingerprint density at radius 2 is 1.80 bits per heavy atom. The first-order chi connectivity index (χ1) is 9.65. The van der Waals surface area contributed by atoms with E-state index in [0.29, 0.717) is 5.69 Å². The van der Waals surface area contributed by atoms with Crippen LogP contribution in [0.2, 0.25) is 0 Å². The van der Waals surface area contributed by atoms with E-state index in [2.05, 4.69) is 27.9 Å². The summed E-state index contributed by atoms with van der Waals surface area (Å²) in [7, 11) is 0. The third kappa shape index (κ3) is 4.77.